The summed E-state index contributed by atoms with van der Waals surface area (Å²) in [7, 11) is 1.61. The van der Waals surface area contributed by atoms with Crippen molar-refractivity contribution in [2.24, 2.45) is 17.8 Å². The lowest BCUT2D eigenvalue weighted by atomic mass is 10.1. The summed E-state index contributed by atoms with van der Waals surface area (Å²) in [6.45, 7) is 0.570. The molecule has 2 saturated carbocycles. The molecule has 2 N–H and O–H groups in total. The van der Waals surface area contributed by atoms with E-state index in [4.69, 9.17) is 9.84 Å². The molecule has 0 aliphatic heterocycles. The molecular weight excluding hydrogens is 206 g/mol. The van der Waals surface area contributed by atoms with Crippen LogP contribution in [0.4, 0.5) is 0 Å². The number of carbonyl (C=O) groups excluding carboxylic acids is 1. The smallest absolute Gasteiger partial charge is 0.223 e. The van der Waals surface area contributed by atoms with Crippen molar-refractivity contribution in [1.82, 2.24) is 5.32 Å². The predicted octanol–water partition coefficient (Wildman–Crippen LogP) is 0.546. The summed E-state index contributed by atoms with van der Waals surface area (Å²) in [5.41, 5.74) is 0. The summed E-state index contributed by atoms with van der Waals surface area (Å²) in [5.74, 6) is 1.73. The van der Waals surface area contributed by atoms with Gasteiger partial charge in [-0.1, -0.05) is 6.42 Å². The lowest BCUT2D eigenvalue weighted by Crippen LogP contribution is -2.40. The molecule has 4 nitrogen and oxygen atoms in total. The molecule has 0 radical (unpaired) electrons. The first-order chi connectivity index (χ1) is 7.77. The van der Waals surface area contributed by atoms with Gasteiger partial charge in [0.1, 0.15) is 0 Å². The summed E-state index contributed by atoms with van der Waals surface area (Å²) in [6.07, 6.45) is 4.30. The molecule has 0 aromatic rings. The highest BCUT2D eigenvalue weighted by Crippen LogP contribution is 2.57. The largest absolute Gasteiger partial charge is 0.396 e. The van der Waals surface area contributed by atoms with Crippen molar-refractivity contribution in [3.63, 3.8) is 0 Å². The van der Waals surface area contributed by atoms with E-state index in [9.17, 15) is 4.79 Å². The van der Waals surface area contributed by atoms with Crippen LogP contribution in [0, 0.1) is 17.8 Å². The Bertz CT molecular complexity index is 241. The van der Waals surface area contributed by atoms with Crippen LogP contribution in [-0.4, -0.2) is 37.4 Å². The molecule has 0 aromatic heterocycles. The fourth-order valence-corrected chi connectivity index (χ4v) is 3.06. The Morgan fingerprint density at radius 2 is 2.19 bits per heavy atom. The van der Waals surface area contributed by atoms with Crippen molar-refractivity contribution in [3.8, 4) is 0 Å². The molecular formula is C12H21NO3. The van der Waals surface area contributed by atoms with Crippen molar-refractivity contribution in [3.05, 3.63) is 0 Å². The SMILES string of the molecule is COCC(CCO)NC(=O)C1C2CCCC21. The van der Waals surface area contributed by atoms with E-state index in [1.54, 1.807) is 7.11 Å². The number of rotatable bonds is 6. The van der Waals surface area contributed by atoms with Crippen LogP contribution in [0.2, 0.25) is 0 Å². The van der Waals surface area contributed by atoms with Gasteiger partial charge in [0.2, 0.25) is 5.91 Å². The van der Waals surface area contributed by atoms with Gasteiger partial charge < -0.3 is 15.2 Å². The van der Waals surface area contributed by atoms with E-state index >= 15 is 0 Å². The summed E-state index contributed by atoms with van der Waals surface area (Å²) in [5, 5.41) is 11.9. The van der Waals surface area contributed by atoms with Gasteiger partial charge in [-0.3, -0.25) is 4.79 Å². The number of carbonyl (C=O) groups is 1. The van der Waals surface area contributed by atoms with E-state index < -0.39 is 0 Å². The molecule has 2 aliphatic carbocycles. The topological polar surface area (TPSA) is 58.6 Å². The summed E-state index contributed by atoms with van der Waals surface area (Å²) >= 11 is 0. The molecule has 16 heavy (non-hydrogen) atoms. The maximum absolute atomic E-state index is 11.9. The van der Waals surface area contributed by atoms with Crippen LogP contribution in [0.5, 0.6) is 0 Å². The number of ether oxygens (including phenoxy) is 1. The number of hydrogen-bond acceptors (Lipinski definition) is 3. The molecule has 0 bridgehead atoms. The van der Waals surface area contributed by atoms with E-state index in [1.807, 2.05) is 0 Å². The zero-order valence-corrected chi connectivity index (χ0v) is 9.82. The summed E-state index contributed by atoms with van der Waals surface area (Å²) in [4.78, 5) is 11.9. The molecule has 2 rings (SSSR count). The van der Waals surface area contributed by atoms with Crippen molar-refractivity contribution in [2.75, 3.05) is 20.3 Å². The van der Waals surface area contributed by atoms with Gasteiger partial charge in [0.05, 0.1) is 12.6 Å². The third kappa shape index (κ3) is 2.38. The molecule has 1 amide bonds. The van der Waals surface area contributed by atoms with Crippen LogP contribution in [-0.2, 0) is 9.53 Å². The van der Waals surface area contributed by atoms with Crippen molar-refractivity contribution >= 4 is 5.91 Å². The molecule has 0 spiro atoms. The Hall–Kier alpha value is -0.610. The van der Waals surface area contributed by atoms with Gasteiger partial charge >= 0.3 is 0 Å². The molecule has 2 aliphatic rings. The van der Waals surface area contributed by atoms with Gasteiger partial charge in [0, 0.05) is 19.6 Å². The summed E-state index contributed by atoms with van der Waals surface area (Å²) in [6, 6.07) is -0.0381. The number of methoxy groups -OCH3 is 1. The van der Waals surface area contributed by atoms with Crippen LogP contribution in [0.1, 0.15) is 25.7 Å². The van der Waals surface area contributed by atoms with Gasteiger partial charge in [-0.2, -0.15) is 0 Å². The third-order valence-corrected chi connectivity index (χ3v) is 3.90. The Kier molecular flexibility index (Phi) is 3.82. The van der Waals surface area contributed by atoms with E-state index in [0.717, 1.165) is 0 Å². The molecule has 0 saturated heterocycles. The van der Waals surface area contributed by atoms with Gasteiger partial charge in [-0.25, -0.2) is 0 Å². The van der Waals surface area contributed by atoms with Crippen LogP contribution >= 0.6 is 0 Å². The monoisotopic (exact) mass is 227 g/mol. The lowest BCUT2D eigenvalue weighted by Gasteiger charge is -2.17. The zero-order valence-electron chi connectivity index (χ0n) is 9.82. The second-order valence-electron chi connectivity index (χ2n) is 4.96. The molecule has 92 valence electrons. The summed E-state index contributed by atoms with van der Waals surface area (Å²) < 4.78 is 5.03. The fraction of sp³-hybridized carbons (Fsp3) is 0.917. The molecule has 0 heterocycles. The normalized spacial score (nSPS) is 33.2. The van der Waals surface area contributed by atoms with E-state index in [0.29, 0.717) is 24.9 Å². The number of amides is 1. The zero-order chi connectivity index (χ0) is 11.5. The van der Waals surface area contributed by atoms with E-state index in [2.05, 4.69) is 5.32 Å². The standard InChI is InChI=1S/C12H21NO3/c1-16-7-8(5-6-14)13-12(15)11-9-3-2-4-10(9)11/h8-11,14H,2-7H2,1H3,(H,13,15). The number of aliphatic hydroxyl groups excluding tert-OH is 1. The minimum absolute atomic E-state index is 0.0381. The van der Waals surface area contributed by atoms with Crippen LogP contribution in [0.3, 0.4) is 0 Å². The third-order valence-electron chi connectivity index (χ3n) is 3.90. The molecule has 2 fully saturated rings. The van der Waals surface area contributed by atoms with Gasteiger partial charge in [0.25, 0.3) is 0 Å². The van der Waals surface area contributed by atoms with Gasteiger partial charge in [-0.05, 0) is 31.1 Å². The first-order valence-electron chi connectivity index (χ1n) is 6.18. The molecule has 4 heteroatoms. The average molecular weight is 227 g/mol. The molecule has 0 aromatic carbocycles. The van der Waals surface area contributed by atoms with Crippen molar-refractivity contribution < 1.29 is 14.6 Å². The minimum Gasteiger partial charge on any atom is -0.396 e. The minimum atomic E-state index is -0.0381. The number of hydrogen-bond donors (Lipinski definition) is 2. The first kappa shape index (κ1) is 11.9. The van der Waals surface area contributed by atoms with E-state index in [1.165, 1.54) is 19.3 Å². The highest BCUT2D eigenvalue weighted by Gasteiger charge is 2.56. The lowest BCUT2D eigenvalue weighted by molar-refractivity contribution is -0.124. The maximum atomic E-state index is 11.9. The van der Waals surface area contributed by atoms with Crippen LogP contribution < -0.4 is 5.32 Å². The van der Waals surface area contributed by atoms with Crippen molar-refractivity contribution in [1.29, 1.82) is 0 Å². The number of aliphatic hydroxyl groups is 1. The Morgan fingerprint density at radius 3 is 2.75 bits per heavy atom. The molecule has 3 unspecified atom stereocenters. The van der Waals surface area contributed by atoms with Gasteiger partial charge in [-0.15, -0.1) is 0 Å². The number of fused-ring (bicyclic) bond motifs is 1. The number of nitrogens with one attached hydrogen (secondary N) is 1. The Morgan fingerprint density at radius 1 is 1.50 bits per heavy atom. The van der Waals surface area contributed by atoms with Crippen LogP contribution in [0.15, 0.2) is 0 Å². The fourth-order valence-electron chi connectivity index (χ4n) is 3.06. The maximum Gasteiger partial charge on any atom is 0.223 e. The van der Waals surface area contributed by atoms with Crippen LogP contribution in [0.25, 0.3) is 0 Å². The first-order valence-corrected chi connectivity index (χ1v) is 6.18. The highest BCUT2D eigenvalue weighted by molar-refractivity contribution is 5.82. The van der Waals surface area contributed by atoms with Crippen molar-refractivity contribution in [2.45, 2.75) is 31.7 Å². The predicted molar refractivity (Wildman–Crippen MR) is 59.8 cm³/mol. The second kappa shape index (κ2) is 5.15. The second-order valence-corrected chi connectivity index (χ2v) is 4.96. The quantitative estimate of drug-likeness (QED) is 0.696. The highest BCUT2D eigenvalue weighted by atomic mass is 16.5. The Balaban J connectivity index is 1.77. The van der Waals surface area contributed by atoms with Gasteiger partial charge in [0.15, 0.2) is 0 Å². The Labute approximate surface area is 96.4 Å². The molecule has 3 atom stereocenters. The van der Waals surface area contributed by atoms with E-state index in [-0.39, 0.29) is 24.5 Å². The average Bonchev–Trinajstić information content (AvgIpc) is 2.74.